The second-order valence-electron chi connectivity index (χ2n) is 7.86. The highest BCUT2D eigenvalue weighted by molar-refractivity contribution is 5.58. The van der Waals surface area contributed by atoms with E-state index >= 15 is 0 Å². The normalized spacial score (nSPS) is 22.8. The zero-order valence-electron chi connectivity index (χ0n) is 15.6. The van der Waals surface area contributed by atoms with Crippen LogP contribution in [0.25, 0.3) is 6.08 Å². The van der Waals surface area contributed by atoms with E-state index in [-0.39, 0.29) is 5.83 Å². The van der Waals surface area contributed by atoms with Gasteiger partial charge in [0.05, 0.1) is 12.7 Å². The van der Waals surface area contributed by atoms with Crippen molar-refractivity contribution in [3.63, 3.8) is 0 Å². The van der Waals surface area contributed by atoms with Gasteiger partial charge in [0.15, 0.2) is 0 Å². The second kappa shape index (κ2) is 7.79. The van der Waals surface area contributed by atoms with Gasteiger partial charge < -0.3 is 9.72 Å². The minimum Gasteiger partial charge on any atom is -0.374 e. The first-order valence-corrected chi connectivity index (χ1v) is 9.91. The molecule has 1 heterocycles. The third-order valence-electron chi connectivity index (χ3n) is 5.99. The molecule has 0 saturated heterocycles. The average molecular weight is 353 g/mol. The Hall–Kier alpha value is -1.87. The molecule has 1 aromatic heterocycles. The Bertz CT molecular complexity index is 769. The zero-order chi connectivity index (χ0) is 17.9. The van der Waals surface area contributed by atoms with E-state index in [1.165, 1.54) is 35.2 Å². The molecule has 0 unspecified atom stereocenters. The Kier molecular flexibility index (Phi) is 5.26. The van der Waals surface area contributed by atoms with Crippen molar-refractivity contribution in [2.45, 2.75) is 64.6 Å². The quantitative estimate of drug-likeness (QED) is 0.711. The highest BCUT2D eigenvalue weighted by atomic mass is 19.1. The van der Waals surface area contributed by atoms with E-state index in [0.717, 1.165) is 43.9 Å². The van der Waals surface area contributed by atoms with Crippen LogP contribution in [0.5, 0.6) is 0 Å². The lowest BCUT2D eigenvalue weighted by Crippen LogP contribution is -2.23. The number of aromatic nitrogens is 1. The van der Waals surface area contributed by atoms with Crippen molar-refractivity contribution < 1.29 is 9.13 Å². The molecule has 0 bridgehead atoms. The molecule has 0 radical (unpaired) electrons. The summed E-state index contributed by atoms with van der Waals surface area (Å²) < 4.78 is 19.7. The molecule has 0 spiro atoms. The Morgan fingerprint density at radius 3 is 2.62 bits per heavy atom. The predicted octanol–water partition coefficient (Wildman–Crippen LogP) is 5.90. The third kappa shape index (κ3) is 3.93. The van der Waals surface area contributed by atoms with Crippen LogP contribution in [0.2, 0.25) is 0 Å². The lowest BCUT2D eigenvalue weighted by Gasteiger charge is -2.29. The van der Waals surface area contributed by atoms with E-state index in [9.17, 15) is 4.39 Å². The number of hydrogen-bond donors (Lipinski definition) is 1. The van der Waals surface area contributed by atoms with E-state index in [0.29, 0.717) is 12.5 Å². The summed E-state index contributed by atoms with van der Waals surface area (Å²) in [6.07, 6.45) is 9.35. The molecule has 2 nitrogen and oxygen atoms in total. The molecule has 1 N–H and O–H groups in total. The van der Waals surface area contributed by atoms with Crippen molar-refractivity contribution in [3.8, 4) is 0 Å². The largest absolute Gasteiger partial charge is 0.374 e. The standard InChI is InChI=1S/C23H28FNO/c1-16-22(21-12-9-19(24)14-23(21)25-16)13-17-7-10-20(11-8-17)26-15-18-5-3-2-4-6-18/h2-6,14,17,20,25H,7-13,15H2,1H3. The maximum Gasteiger partial charge on any atom is 0.102 e. The van der Waals surface area contributed by atoms with E-state index in [1.807, 2.05) is 6.07 Å². The lowest BCUT2D eigenvalue weighted by atomic mass is 9.82. The molecule has 0 amide bonds. The number of fused-ring (bicyclic) bond motifs is 1. The number of aryl methyl sites for hydroxylation is 1. The summed E-state index contributed by atoms with van der Waals surface area (Å²) in [5.74, 6) is 0.724. The molecule has 3 heteroatoms. The molecule has 1 fully saturated rings. The minimum absolute atomic E-state index is 0.00127. The molecule has 2 aliphatic carbocycles. The summed E-state index contributed by atoms with van der Waals surface area (Å²) in [6.45, 7) is 2.85. The Balaban J connectivity index is 1.31. The van der Waals surface area contributed by atoms with Gasteiger partial charge in [-0.2, -0.15) is 0 Å². The molecule has 1 saturated carbocycles. The van der Waals surface area contributed by atoms with E-state index in [1.54, 1.807) is 6.08 Å². The van der Waals surface area contributed by atoms with Crippen LogP contribution < -0.4 is 0 Å². The van der Waals surface area contributed by atoms with Gasteiger partial charge in [0.25, 0.3) is 0 Å². The lowest BCUT2D eigenvalue weighted by molar-refractivity contribution is 0.00715. The van der Waals surface area contributed by atoms with Gasteiger partial charge in [-0.1, -0.05) is 30.3 Å². The number of benzene rings is 1. The highest BCUT2D eigenvalue weighted by Gasteiger charge is 2.25. The van der Waals surface area contributed by atoms with Crippen LogP contribution in [0.3, 0.4) is 0 Å². The van der Waals surface area contributed by atoms with Gasteiger partial charge in [-0.05, 0) is 74.1 Å². The summed E-state index contributed by atoms with van der Waals surface area (Å²) >= 11 is 0. The average Bonchev–Trinajstić information content (AvgIpc) is 2.96. The van der Waals surface area contributed by atoms with Crippen molar-refractivity contribution in [1.82, 2.24) is 4.98 Å². The van der Waals surface area contributed by atoms with Crippen LogP contribution in [0.15, 0.2) is 36.2 Å². The summed E-state index contributed by atoms with van der Waals surface area (Å²) in [6, 6.07) is 10.4. The summed E-state index contributed by atoms with van der Waals surface area (Å²) in [7, 11) is 0. The number of hydrogen-bond acceptors (Lipinski definition) is 1. The molecule has 26 heavy (non-hydrogen) atoms. The number of aromatic amines is 1. The van der Waals surface area contributed by atoms with Crippen molar-refractivity contribution in [2.24, 2.45) is 5.92 Å². The smallest absolute Gasteiger partial charge is 0.102 e. The number of halogens is 1. The van der Waals surface area contributed by atoms with Gasteiger partial charge >= 0.3 is 0 Å². The van der Waals surface area contributed by atoms with Crippen LogP contribution in [0, 0.1) is 12.8 Å². The molecule has 1 aromatic carbocycles. The van der Waals surface area contributed by atoms with Crippen molar-refractivity contribution in [2.75, 3.05) is 0 Å². The summed E-state index contributed by atoms with van der Waals surface area (Å²) in [5.41, 5.74) is 6.28. The predicted molar refractivity (Wildman–Crippen MR) is 104 cm³/mol. The van der Waals surface area contributed by atoms with Crippen molar-refractivity contribution in [1.29, 1.82) is 0 Å². The first-order chi connectivity index (χ1) is 12.7. The van der Waals surface area contributed by atoms with Crippen LogP contribution in [0.4, 0.5) is 4.39 Å². The fourth-order valence-corrected chi connectivity index (χ4v) is 4.48. The summed E-state index contributed by atoms with van der Waals surface area (Å²) in [5, 5.41) is 0. The maximum atomic E-state index is 13.5. The first kappa shape index (κ1) is 17.5. The fraction of sp³-hybridized carbons (Fsp3) is 0.478. The van der Waals surface area contributed by atoms with Crippen LogP contribution in [0.1, 0.15) is 60.2 Å². The maximum absolute atomic E-state index is 13.5. The van der Waals surface area contributed by atoms with Gasteiger partial charge in [0.2, 0.25) is 0 Å². The van der Waals surface area contributed by atoms with Gasteiger partial charge in [-0.25, -0.2) is 4.39 Å². The molecular weight excluding hydrogens is 325 g/mol. The number of nitrogens with one attached hydrogen (secondary N) is 1. The number of H-pyrrole nitrogens is 1. The Morgan fingerprint density at radius 2 is 1.85 bits per heavy atom. The topological polar surface area (TPSA) is 25.0 Å². The van der Waals surface area contributed by atoms with Crippen LogP contribution >= 0.6 is 0 Å². The molecular formula is C23H28FNO. The highest BCUT2D eigenvalue weighted by Crippen LogP contribution is 2.34. The van der Waals surface area contributed by atoms with Crippen LogP contribution in [-0.2, 0) is 24.2 Å². The Labute approximate surface area is 155 Å². The number of ether oxygens (including phenoxy) is 1. The second-order valence-corrected chi connectivity index (χ2v) is 7.86. The number of rotatable bonds is 5. The Morgan fingerprint density at radius 1 is 1.08 bits per heavy atom. The molecule has 0 atom stereocenters. The molecule has 2 aromatic rings. The SMILES string of the molecule is Cc1[nH]c2c(c1CC1CCC(OCc3ccccc3)CC1)CCC(F)=C2. The van der Waals surface area contributed by atoms with Crippen LogP contribution in [-0.4, -0.2) is 11.1 Å². The van der Waals surface area contributed by atoms with Gasteiger partial charge in [0.1, 0.15) is 5.83 Å². The number of allylic oxidation sites excluding steroid dienone is 1. The van der Waals surface area contributed by atoms with Gasteiger partial charge in [-0.15, -0.1) is 0 Å². The zero-order valence-corrected chi connectivity index (χ0v) is 15.6. The third-order valence-corrected chi connectivity index (χ3v) is 5.99. The van der Waals surface area contributed by atoms with E-state index in [4.69, 9.17) is 4.74 Å². The molecule has 138 valence electrons. The van der Waals surface area contributed by atoms with E-state index in [2.05, 4.69) is 36.2 Å². The monoisotopic (exact) mass is 353 g/mol. The van der Waals surface area contributed by atoms with Crippen molar-refractivity contribution >= 4 is 6.08 Å². The van der Waals surface area contributed by atoms with Gasteiger partial charge in [-0.3, -0.25) is 0 Å². The summed E-state index contributed by atoms with van der Waals surface area (Å²) in [4.78, 5) is 3.39. The van der Waals surface area contributed by atoms with Crippen molar-refractivity contribution in [3.05, 3.63) is 64.2 Å². The molecule has 2 aliphatic rings. The molecule has 0 aliphatic heterocycles. The molecule has 4 rings (SSSR count). The van der Waals surface area contributed by atoms with Gasteiger partial charge in [0, 0.05) is 17.8 Å². The first-order valence-electron chi connectivity index (χ1n) is 9.91. The fourth-order valence-electron chi connectivity index (χ4n) is 4.48. The minimum atomic E-state index is 0.00127. The van der Waals surface area contributed by atoms with E-state index < -0.39 is 0 Å².